The summed E-state index contributed by atoms with van der Waals surface area (Å²) in [6, 6.07) is 15.3. The molecular formula is C24H22FN3O4. The zero-order valence-corrected chi connectivity index (χ0v) is 17.6. The first kappa shape index (κ1) is 21.3. The Morgan fingerprint density at radius 3 is 2.62 bits per heavy atom. The molecule has 1 unspecified atom stereocenters. The van der Waals surface area contributed by atoms with Crippen molar-refractivity contribution < 1.29 is 23.5 Å². The van der Waals surface area contributed by atoms with Crippen LogP contribution >= 0.6 is 0 Å². The number of ether oxygens (including phenoxy) is 2. The molecule has 2 heterocycles. The molecule has 8 heteroatoms. The number of rotatable bonds is 5. The second-order valence-corrected chi connectivity index (χ2v) is 7.55. The van der Waals surface area contributed by atoms with Crippen LogP contribution in [0, 0.1) is 5.82 Å². The number of hydrogen-bond acceptors (Lipinski definition) is 5. The molecule has 0 bridgehead atoms. The fraction of sp³-hybridized carbons (Fsp3) is 0.208. The predicted molar refractivity (Wildman–Crippen MR) is 118 cm³/mol. The van der Waals surface area contributed by atoms with Gasteiger partial charge in [-0.2, -0.15) is 4.98 Å². The molecule has 1 aliphatic rings. The second-order valence-electron chi connectivity index (χ2n) is 7.55. The Bertz CT molecular complexity index is 1180. The molecule has 1 aliphatic heterocycles. The van der Waals surface area contributed by atoms with Gasteiger partial charge in [-0.3, -0.25) is 9.59 Å². The summed E-state index contributed by atoms with van der Waals surface area (Å²) in [5, 5.41) is 5.20. The lowest BCUT2D eigenvalue weighted by Crippen LogP contribution is -2.19. The first-order valence-corrected chi connectivity index (χ1v) is 10.1. The lowest BCUT2D eigenvalue weighted by Gasteiger charge is -2.26. The molecular weight excluding hydrogens is 413 g/mol. The van der Waals surface area contributed by atoms with Gasteiger partial charge in [-0.05, 0) is 41.8 Å². The Morgan fingerprint density at radius 1 is 1.06 bits per heavy atom. The molecule has 4 rings (SSSR count). The molecule has 2 amide bonds. The minimum Gasteiger partial charge on any atom is -0.493 e. The van der Waals surface area contributed by atoms with Gasteiger partial charge >= 0.3 is 0 Å². The van der Waals surface area contributed by atoms with E-state index in [4.69, 9.17) is 9.47 Å². The van der Waals surface area contributed by atoms with Gasteiger partial charge in [0.2, 0.25) is 17.7 Å². The molecule has 0 saturated heterocycles. The van der Waals surface area contributed by atoms with Gasteiger partial charge in [-0.1, -0.05) is 18.2 Å². The maximum Gasteiger partial charge on any atom is 0.222 e. The fourth-order valence-corrected chi connectivity index (χ4v) is 3.56. The van der Waals surface area contributed by atoms with Crippen LogP contribution in [0.3, 0.4) is 0 Å². The molecule has 2 N–H and O–H groups in total. The van der Waals surface area contributed by atoms with E-state index in [9.17, 15) is 14.0 Å². The summed E-state index contributed by atoms with van der Waals surface area (Å²) >= 11 is 0. The summed E-state index contributed by atoms with van der Waals surface area (Å²) in [7, 11) is 0. The van der Waals surface area contributed by atoms with E-state index in [-0.39, 0.29) is 35.2 Å². The van der Waals surface area contributed by atoms with Crippen molar-refractivity contribution in [3.63, 3.8) is 0 Å². The van der Waals surface area contributed by atoms with Crippen molar-refractivity contribution in [2.24, 2.45) is 0 Å². The number of carbonyl (C=O) groups excluding carboxylic acids is 2. The SMILES string of the molecule is CC(=O)Nc1ccc(Oc2ccc3c(c2)OCC(c2cccc(F)c2)C3)nc1NC(C)=O. The van der Waals surface area contributed by atoms with Gasteiger partial charge in [0, 0.05) is 31.9 Å². The highest BCUT2D eigenvalue weighted by atomic mass is 19.1. The lowest BCUT2D eigenvalue weighted by molar-refractivity contribution is -0.115. The zero-order valence-electron chi connectivity index (χ0n) is 17.6. The number of nitrogens with one attached hydrogen (secondary N) is 2. The average molecular weight is 435 g/mol. The summed E-state index contributed by atoms with van der Waals surface area (Å²) in [6.07, 6.45) is 0.732. The molecule has 0 aliphatic carbocycles. The maximum absolute atomic E-state index is 13.6. The van der Waals surface area contributed by atoms with Crippen molar-refractivity contribution in [3.05, 3.63) is 71.5 Å². The van der Waals surface area contributed by atoms with Crippen LogP contribution in [0.4, 0.5) is 15.9 Å². The number of anilines is 2. The molecule has 164 valence electrons. The molecule has 0 spiro atoms. The Morgan fingerprint density at radius 2 is 1.88 bits per heavy atom. The van der Waals surface area contributed by atoms with Gasteiger partial charge in [-0.25, -0.2) is 4.39 Å². The van der Waals surface area contributed by atoms with Crippen LogP contribution in [0.1, 0.15) is 30.9 Å². The maximum atomic E-state index is 13.6. The van der Waals surface area contributed by atoms with E-state index in [1.54, 1.807) is 36.4 Å². The average Bonchev–Trinajstić information content (AvgIpc) is 2.74. The highest BCUT2D eigenvalue weighted by molar-refractivity contribution is 5.96. The topological polar surface area (TPSA) is 89.6 Å². The number of carbonyl (C=O) groups is 2. The van der Waals surface area contributed by atoms with Crippen molar-refractivity contribution in [3.8, 4) is 17.4 Å². The quantitative estimate of drug-likeness (QED) is 0.609. The Kier molecular flexibility index (Phi) is 6.02. The van der Waals surface area contributed by atoms with E-state index in [1.165, 1.54) is 19.9 Å². The lowest BCUT2D eigenvalue weighted by atomic mass is 9.90. The third-order valence-electron chi connectivity index (χ3n) is 4.96. The number of hydrogen-bond donors (Lipinski definition) is 2. The Balaban J connectivity index is 1.51. The van der Waals surface area contributed by atoms with Crippen LogP contribution in [-0.2, 0) is 16.0 Å². The highest BCUT2D eigenvalue weighted by Crippen LogP contribution is 2.36. The van der Waals surface area contributed by atoms with Crippen LogP contribution in [0.2, 0.25) is 0 Å². The predicted octanol–water partition coefficient (Wildman–Crippen LogP) is 4.65. The number of halogens is 1. The summed E-state index contributed by atoms with van der Waals surface area (Å²) in [4.78, 5) is 27.2. The van der Waals surface area contributed by atoms with Crippen molar-refractivity contribution in [1.82, 2.24) is 4.98 Å². The third kappa shape index (κ3) is 5.03. The number of amides is 2. The van der Waals surface area contributed by atoms with Gasteiger partial charge in [-0.15, -0.1) is 0 Å². The van der Waals surface area contributed by atoms with E-state index in [0.29, 0.717) is 23.8 Å². The minimum absolute atomic E-state index is 0.0770. The van der Waals surface area contributed by atoms with Gasteiger partial charge in [0.1, 0.15) is 17.3 Å². The largest absolute Gasteiger partial charge is 0.493 e. The number of benzene rings is 2. The molecule has 0 radical (unpaired) electrons. The first-order valence-electron chi connectivity index (χ1n) is 10.1. The summed E-state index contributed by atoms with van der Waals surface area (Å²) in [6.45, 7) is 3.16. The third-order valence-corrected chi connectivity index (χ3v) is 4.96. The highest BCUT2D eigenvalue weighted by Gasteiger charge is 2.22. The molecule has 1 atom stereocenters. The molecule has 0 saturated carbocycles. The first-order chi connectivity index (χ1) is 15.4. The number of fused-ring (bicyclic) bond motifs is 1. The smallest absolute Gasteiger partial charge is 0.222 e. The van der Waals surface area contributed by atoms with E-state index in [0.717, 1.165) is 17.5 Å². The fourth-order valence-electron chi connectivity index (χ4n) is 3.56. The van der Waals surface area contributed by atoms with E-state index in [2.05, 4.69) is 15.6 Å². The van der Waals surface area contributed by atoms with Gasteiger partial charge < -0.3 is 20.1 Å². The van der Waals surface area contributed by atoms with Crippen molar-refractivity contribution in [2.45, 2.75) is 26.2 Å². The monoisotopic (exact) mass is 435 g/mol. The summed E-state index contributed by atoms with van der Waals surface area (Å²) < 4.78 is 25.3. The van der Waals surface area contributed by atoms with Crippen molar-refractivity contribution in [1.29, 1.82) is 0 Å². The van der Waals surface area contributed by atoms with Crippen molar-refractivity contribution in [2.75, 3.05) is 17.2 Å². The van der Waals surface area contributed by atoms with Crippen LogP contribution in [0.25, 0.3) is 0 Å². The number of pyridine rings is 1. The number of aromatic nitrogens is 1. The molecule has 32 heavy (non-hydrogen) atoms. The molecule has 7 nitrogen and oxygen atoms in total. The van der Waals surface area contributed by atoms with Gasteiger partial charge in [0.25, 0.3) is 0 Å². The van der Waals surface area contributed by atoms with E-state index >= 15 is 0 Å². The summed E-state index contributed by atoms with van der Waals surface area (Å²) in [5.41, 5.74) is 2.29. The Hall–Kier alpha value is -3.94. The van der Waals surface area contributed by atoms with Crippen LogP contribution in [-0.4, -0.2) is 23.4 Å². The molecule has 1 aromatic heterocycles. The minimum atomic E-state index is -0.323. The van der Waals surface area contributed by atoms with E-state index in [1.807, 2.05) is 12.1 Å². The normalized spacial score (nSPS) is 14.7. The standard InChI is InChI=1S/C24H22FN3O4/c1-14(29)26-21-8-9-23(28-24(21)27-15(2)30)32-20-7-6-17-10-18(13-31-22(17)12-20)16-4-3-5-19(25)11-16/h3-9,11-12,18H,10,13H2,1-2H3,(H,26,29)(H,27,28,30). The number of nitrogens with zero attached hydrogens (tertiary/aromatic N) is 1. The van der Waals surface area contributed by atoms with Gasteiger partial charge in [0.15, 0.2) is 5.82 Å². The van der Waals surface area contributed by atoms with Gasteiger partial charge in [0.05, 0.1) is 12.3 Å². The van der Waals surface area contributed by atoms with Crippen LogP contribution < -0.4 is 20.1 Å². The van der Waals surface area contributed by atoms with Crippen LogP contribution in [0.15, 0.2) is 54.6 Å². The van der Waals surface area contributed by atoms with Crippen molar-refractivity contribution >= 4 is 23.3 Å². The molecule has 0 fully saturated rings. The Labute approximate surface area is 184 Å². The zero-order chi connectivity index (χ0) is 22.7. The molecule has 2 aromatic carbocycles. The summed E-state index contributed by atoms with van der Waals surface area (Å²) in [5.74, 6) is 0.870. The van der Waals surface area contributed by atoms with Crippen LogP contribution in [0.5, 0.6) is 17.4 Å². The molecule has 3 aromatic rings. The second kappa shape index (κ2) is 9.05. The van der Waals surface area contributed by atoms with E-state index < -0.39 is 0 Å².